The predicted molar refractivity (Wildman–Crippen MR) is 65.5 cm³/mol. The molecule has 1 aliphatic heterocycles. The molecule has 92 valence electrons. The van der Waals surface area contributed by atoms with Crippen LogP contribution < -0.4 is 5.32 Å². The van der Waals surface area contributed by atoms with Gasteiger partial charge in [-0.25, -0.2) is 0 Å². The van der Waals surface area contributed by atoms with Crippen LogP contribution in [0, 0.1) is 5.92 Å². The van der Waals surface area contributed by atoms with Crippen molar-refractivity contribution >= 4 is 5.78 Å². The van der Waals surface area contributed by atoms with E-state index < -0.39 is 0 Å². The summed E-state index contributed by atoms with van der Waals surface area (Å²) >= 11 is 0. The molecule has 1 atom stereocenters. The molecule has 0 aromatic carbocycles. The monoisotopic (exact) mass is 224 g/mol. The molecule has 1 aliphatic carbocycles. The van der Waals surface area contributed by atoms with E-state index in [1.165, 1.54) is 12.8 Å². The van der Waals surface area contributed by atoms with Crippen LogP contribution in [0.1, 0.15) is 38.5 Å². The summed E-state index contributed by atoms with van der Waals surface area (Å²) in [6.07, 6.45) is 6.70. The van der Waals surface area contributed by atoms with Gasteiger partial charge in [-0.1, -0.05) is 0 Å². The van der Waals surface area contributed by atoms with Gasteiger partial charge in [0.25, 0.3) is 0 Å². The number of Topliss-reactive ketones (excluding diaryl/α,β-unsaturated/α-hetero) is 1. The molecule has 1 saturated carbocycles. The van der Waals surface area contributed by atoms with E-state index in [4.69, 9.17) is 0 Å². The molecule has 3 nitrogen and oxygen atoms in total. The maximum absolute atomic E-state index is 11.5. The molecule has 1 N–H and O–H groups in total. The summed E-state index contributed by atoms with van der Waals surface area (Å²) in [5.74, 6) is 0.892. The van der Waals surface area contributed by atoms with Gasteiger partial charge < -0.3 is 10.2 Å². The summed E-state index contributed by atoms with van der Waals surface area (Å²) in [4.78, 5) is 14.0. The standard InChI is InChI=1S/C13H24N2O/c1-15(12-5-8-14-9-6-12)10-7-11-3-2-4-13(11)16/h11-12,14H,2-10H2,1H3. The van der Waals surface area contributed by atoms with Gasteiger partial charge in [0.2, 0.25) is 0 Å². The highest BCUT2D eigenvalue weighted by Crippen LogP contribution is 2.24. The van der Waals surface area contributed by atoms with Crippen molar-refractivity contribution in [2.75, 3.05) is 26.7 Å². The van der Waals surface area contributed by atoms with E-state index in [9.17, 15) is 4.79 Å². The van der Waals surface area contributed by atoms with Crippen LogP contribution in [0.3, 0.4) is 0 Å². The van der Waals surface area contributed by atoms with E-state index in [0.29, 0.717) is 11.7 Å². The van der Waals surface area contributed by atoms with E-state index in [0.717, 1.165) is 51.4 Å². The maximum Gasteiger partial charge on any atom is 0.136 e. The molecule has 1 unspecified atom stereocenters. The van der Waals surface area contributed by atoms with Gasteiger partial charge in [0.1, 0.15) is 5.78 Å². The lowest BCUT2D eigenvalue weighted by Gasteiger charge is -2.32. The third-order valence-corrected chi connectivity index (χ3v) is 4.19. The zero-order valence-electron chi connectivity index (χ0n) is 10.4. The number of piperidine rings is 1. The molecule has 0 radical (unpaired) electrons. The highest BCUT2D eigenvalue weighted by Gasteiger charge is 2.25. The van der Waals surface area contributed by atoms with Crippen molar-refractivity contribution in [3.05, 3.63) is 0 Å². The molecule has 0 amide bonds. The molecular formula is C13H24N2O. The van der Waals surface area contributed by atoms with Gasteiger partial charge in [-0.2, -0.15) is 0 Å². The molecule has 16 heavy (non-hydrogen) atoms. The van der Waals surface area contributed by atoms with Crippen LogP contribution in [0.25, 0.3) is 0 Å². The third-order valence-electron chi connectivity index (χ3n) is 4.19. The minimum absolute atomic E-state index is 0.379. The topological polar surface area (TPSA) is 32.3 Å². The molecule has 0 spiro atoms. The fourth-order valence-electron chi connectivity index (χ4n) is 2.98. The summed E-state index contributed by atoms with van der Waals surface area (Å²) in [6, 6.07) is 0.734. The van der Waals surface area contributed by atoms with Crippen LogP contribution in [-0.2, 0) is 4.79 Å². The average Bonchev–Trinajstić information content (AvgIpc) is 2.73. The number of carbonyl (C=O) groups excluding carboxylic acids is 1. The third kappa shape index (κ3) is 3.05. The Bertz CT molecular complexity index is 236. The van der Waals surface area contributed by atoms with Gasteiger partial charge in [-0.3, -0.25) is 4.79 Å². The van der Waals surface area contributed by atoms with Crippen LogP contribution in [0.2, 0.25) is 0 Å². The van der Waals surface area contributed by atoms with Crippen molar-refractivity contribution < 1.29 is 4.79 Å². The Labute approximate surface area is 98.6 Å². The Balaban J connectivity index is 1.70. The van der Waals surface area contributed by atoms with Gasteiger partial charge >= 0.3 is 0 Å². The SMILES string of the molecule is CN(CCC1CCCC1=O)C1CCNCC1. The minimum atomic E-state index is 0.379. The number of ketones is 1. The Morgan fingerprint density at radius 3 is 2.69 bits per heavy atom. The van der Waals surface area contributed by atoms with E-state index in [-0.39, 0.29) is 0 Å². The molecular weight excluding hydrogens is 200 g/mol. The van der Waals surface area contributed by atoms with Crippen molar-refractivity contribution in [2.45, 2.75) is 44.6 Å². The smallest absolute Gasteiger partial charge is 0.136 e. The van der Waals surface area contributed by atoms with Crippen molar-refractivity contribution in [3.8, 4) is 0 Å². The first kappa shape index (κ1) is 12.1. The van der Waals surface area contributed by atoms with E-state index >= 15 is 0 Å². The molecule has 3 heteroatoms. The molecule has 0 aromatic rings. The summed E-state index contributed by atoms with van der Waals surface area (Å²) in [5.41, 5.74) is 0. The first-order chi connectivity index (χ1) is 7.77. The lowest BCUT2D eigenvalue weighted by Crippen LogP contribution is -2.41. The zero-order valence-corrected chi connectivity index (χ0v) is 10.4. The Morgan fingerprint density at radius 2 is 2.06 bits per heavy atom. The van der Waals surface area contributed by atoms with Gasteiger partial charge in [0.05, 0.1) is 0 Å². The van der Waals surface area contributed by atoms with Crippen LogP contribution in [0.4, 0.5) is 0 Å². The number of carbonyl (C=O) groups is 1. The highest BCUT2D eigenvalue weighted by molar-refractivity contribution is 5.82. The van der Waals surface area contributed by atoms with Crippen LogP contribution >= 0.6 is 0 Å². The van der Waals surface area contributed by atoms with Gasteiger partial charge in [-0.05, 0) is 58.8 Å². The summed E-state index contributed by atoms with van der Waals surface area (Å²) in [7, 11) is 2.22. The second-order valence-corrected chi connectivity index (χ2v) is 5.31. The van der Waals surface area contributed by atoms with E-state index in [2.05, 4.69) is 17.3 Å². The molecule has 1 saturated heterocycles. The predicted octanol–water partition coefficient (Wildman–Crippen LogP) is 1.43. The summed E-state index contributed by atoms with van der Waals surface area (Å²) in [5, 5.41) is 3.39. The number of hydrogen-bond acceptors (Lipinski definition) is 3. The van der Waals surface area contributed by atoms with Crippen LogP contribution in [-0.4, -0.2) is 43.4 Å². The van der Waals surface area contributed by atoms with Crippen molar-refractivity contribution in [1.29, 1.82) is 0 Å². The van der Waals surface area contributed by atoms with Crippen molar-refractivity contribution in [2.24, 2.45) is 5.92 Å². The Kier molecular flexibility index (Phi) is 4.36. The van der Waals surface area contributed by atoms with Crippen molar-refractivity contribution in [1.82, 2.24) is 10.2 Å². The van der Waals surface area contributed by atoms with Crippen LogP contribution in [0.15, 0.2) is 0 Å². The van der Waals surface area contributed by atoms with E-state index in [1.54, 1.807) is 0 Å². The molecule has 2 aliphatic rings. The second-order valence-electron chi connectivity index (χ2n) is 5.31. The Morgan fingerprint density at radius 1 is 1.31 bits per heavy atom. The lowest BCUT2D eigenvalue weighted by atomic mass is 10.0. The highest BCUT2D eigenvalue weighted by atomic mass is 16.1. The molecule has 0 aromatic heterocycles. The van der Waals surface area contributed by atoms with Gasteiger partial charge in [0, 0.05) is 18.4 Å². The lowest BCUT2D eigenvalue weighted by molar-refractivity contribution is -0.120. The zero-order chi connectivity index (χ0) is 11.4. The normalized spacial score (nSPS) is 27.9. The summed E-state index contributed by atoms with van der Waals surface area (Å²) in [6.45, 7) is 3.40. The summed E-state index contributed by atoms with van der Waals surface area (Å²) < 4.78 is 0. The average molecular weight is 224 g/mol. The molecule has 2 fully saturated rings. The molecule has 1 heterocycles. The van der Waals surface area contributed by atoms with Crippen LogP contribution in [0.5, 0.6) is 0 Å². The largest absolute Gasteiger partial charge is 0.317 e. The number of nitrogens with one attached hydrogen (secondary N) is 1. The molecule has 2 rings (SSSR count). The quantitative estimate of drug-likeness (QED) is 0.784. The van der Waals surface area contributed by atoms with Gasteiger partial charge in [0.15, 0.2) is 0 Å². The number of nitrogens with zero attached hydrogens (tertiary/aromatic N) is 1. The first-order valence-electron chi connectivity index (χ1n) is 6.71. The Hall–Kier alpha value is -0.410. The second kappa shape index (κ2) is 5.78. The van der Waals surface area contributed by atoms with Gasteiger partial charge in [-0.15, -0.1) is 0 Å². The van der Waals surface area contributed by atoms with Crippen molar-refractivity contribution in [3.63, 3.8) is 0 Å². The molecule has 0 bridgehead atoms. The maximum atomic E-state index is 11.5. The number of hydrogen-bond donors (Lipinski definition) is 1. The number of rotatable bonds is 4. The van der Waals surface area contributed by atoms with E-state index in [1.807, 2.05) is 0 Å². The first-order valence-corrected chi connectivity index (χ1v) is 6.71. The fourth-order valence-corrected chi connectivity index (χ4v) is 2.98. The fraction of sp³-hybridized carbons (Fsp3) is 0.923. The minimum Gasteiger partial charge on any atom is -0.317 e.